The molecule has 0 amide bonds. The second-order valence-corrected chi connectivity index (χ2v) is 8.64. The molecule has 2 unspecified atom stereocenters. The monoisotopic (exact) mass is 392 g/mol. The standard InChI is InChI=1S/C14H18BrFN2O3S/c1-14(10-7-9(15)4-5-11(10)16)12(3-2-6-19)22(20,21)8-13(17)18-14/h4-5,7,12,19H,2-3,6,8H2,1H3,(H2,17,18). The Balaban J connectivity index is 2.64. The molecule has 0 radical (unpaired) electrons. The van der Waals surface area contributed by atoms with Crippen molar-refractivity contribution < 1.29 is 17.9 Å². The Morgan fingerprint density at radius 3 is 2.86 bits per heavy atom. The highest BCUT2D eigenvalue weighted by molar-refractivity contribution is 9.10. The van der Waals surface area contributed by atoms with Gasteiger partial charge in [-0.05, 0) is 38.0 Å². The van der Waals surface area contributed by atoms with Crippen LogP contribution < -0.4 is 5.73 Å². The van der Waals surface area contributed by atoms with Crippen molar-refractivity contribution in [2.45, 2.75) is 30.6 Å². The normalized spacial score (nSPS) is 27.5. The fourth-order valence-electron chi connectivity index (χ4n) is 2.92. The highest BCUT2D eigenvalue weighted by Crippen LogP contribution is 2.40. The van der Waals surface area contributed by atoms with Crippen molar-refractivity contribution in [1.82, 2.24) is 0 Å². The van der Waals surface area contributed by atoms with Crippen LogP contribution in [-0.2, 0) is 15.4 Å². The van der Waals surface area contributed by atoms with Crippen LogP contribution in [0.15, 0.2) is 27.7 Å². The fourth-order valence-corrected chi connectivity index (χ4v) is 5.36. The summed E-state index contributed by atoms with van der Waals surface area (Å²) in [6.07, 6.45) is 0.489. The Kier molecular flexibility index (Phi) is 4.93. The molecule has 2 atom stereocenters. The summed E-state index contributed by atoms with van der Waals surface area (Å²) in [6.45, 7) is 1.44. The van der Waals surface area contributed by atoms with Crippen molar-refractivity contribution in [2.75, 3.05) is 12.4 Å². The van der Waals surface area contributed by atoms with Gasteiger partial charge < -0.3 is 10.8 Å². The first kappa shape index (κ1) is 17.4. The van der Waals surface area contributed by atoms with Gasteiger partial charge in [0.05, 0.1) is 5.25 Å². The van der Waals surface area contributed by atoms with Crippen LogP contribution in [0.2, 0.25) is 0 Å². The van der Waals surface area contributed by atoms with E-state index in [9.17, 15) is 12.8 Å². The van der Waals surface area contributed by atoms with Gasteiger partial charge in [0.25, 0.3) is 0 Å². The Labute approximate surface area is 137 Å². The maximum atomic E-state index is 14.3. The van der Waals surface area contributed by atoms with Gasteiger partial charge in [0, 0.05) is 16.6 Å². The zero-order valence-electron chi connectivity index (χ0n) is 12.1. The molecule has 0 saturated carbocycles. The van der Waals surface area contributed by atoms with Crippen LogP contribution in [0.5, 0.6) is 0 Å². The van der Waals surface area contributed by atoms with Crippen molar-refractivity contribution >= 4 is 31.6 Å². The highest BCUT2D eigenvalue weighted by atomic mass is 79.9. The molecule has 0 aliphatic carbocycles. The predicted molar refractivity (Wildman–Crippen MR) is 87.0 cm³/mol. The summed E-state index contributed by atoms with van der Waals surface area (Å²) in [5.41, 5.74) is 4.55. The van der Waals surface area contributed by atoms with Crippen LogP contribution in [0.1, 0.15) is 25.3 Å². The zero-order valence-corrected chi connectivity index (χ0v) is 14.5. The molecule has 5 nitrogen and oxygen atoms in total. The van der Waals surface area contributed by atoms with E-state index in [1.807, 2.05) is 0 Å². The van der Waals surface area contributed by atoms with Crippen LogP contribution in [0.25, 0.3) is 0 Å². The molecule has 0 fully saturated rings. The van der Waals surface area contributed by atoms with Crippen LogP contribution >= 0.6 is 15.9 Å². The molecule has 1 aromatic carbocycles. The molecular weight excluding hydrogens is 375 g/mol. The number of rotatable bonds is 4. The average Bonchev–Trinajstić information content (AvgIpc) is 2.39. The summed E-state index contributed by atoms with van der Waals surface area (Å²) in [5, 5.41) is 8.09. The van der Waals surface area contributed by atoms with E-state index in [0.717, 1.165) is 0 Å². The van der Waals surface area contributed by atoms with E-state index in [0.29, 0.717) is 10.9 Å². The molecule has 122 valence electrons. The van der Waals surface area contributed by atoms with E-state index in [4.69, 9.17) is 10.8 Å². The lowest BCUT2D eigenvalue weighted by Gasteiger charge is -2.38. The van der Waals surface area contributed by atoms with Crippen molar-refractivity contribution in [1.29, 1.82) is 0 Å². The molecule has 0 spiro atoms. The summed E-state index contributed by atoms with van der Waals surface area (Å²) in [6, 6.07) is 4.33. The Morgan fingerprint density at radius 2 is 2.23 bits per heavy atom. The molecule has 1 aromatic rings. The summed E-state index contributed by atoms with van der Waals surface area (Å²) < 4.78 is 39.9. The zero-order chi connectivity index (χ0) is 16.5. The first-order valence-electron chi connectivity index (χ1n) is 6.83. The number of aliphatic hydroxyl groups excluding tert-OH is 1. The summed E-state index contributed by atoms with van der Waals surface area (Å²) in [5.74, 6) is -0.899. The first-order chi connectivity index (χ1) is 10.2. The number of hydrogen-bond donors (Lipinski definition) is 2. The highest BCUT2D eigenvalue weighted by Gasteiger charge is 2.48. The lowest BCUT2D eigenvalue weighted by atomic mass is 9.86. The molecule has 1 heterocycles. The molecule has 2 rings (SSSR count). The molecule has 22 heavy (non-hydrogen) atoms. The molecule has 0 aromatic heterocycles. The van der Waals surface area contributed by atoms with Gasteiger partial charge >= 0.3 is 0 Å². The Bertz CT molecular complexity index is 708. The lowest BCUT2D eigenvalue weighted by molar-refractivity contribution is 0.274. The van der Waals surface area contributed by atoms with Gasteiger partial charge in [0.2, 0.25) is 0 Å². The third-order valence-electron chi connectivity index (χ3n) is 3.88. The van der Waals surface area contributed by atoms with Crippen LogP contribution in [0.4, 0.5) is 4.39 Å². The molecule has 3 N–H and O–H groups in total. The number of halogens is 2. The minimum atomic E-state index is -3.58. The minimum Gasteiger partial charge on any atom is -0.396 e. The number of amidine groups is 1. The molecule has 8 heteroatoms. The second kappa shape index (κ2) is 6.25. The average molecular weight is 393 g/mol. The summed E-state index contributed by atoms with van der Waals surface area (Å²) >= 11 is 3.27. The van der Waals surface area contributed by atoms with Gasteiger partial charge in [-0.2, -0.15) is 0 Å². The van der Waals surface area contributed by atoms with E-state index in [-0.39, 0.29) is 30.2 Å². The van der Waals surface area contributed by atoms with E-state index in [1.165, 1.54) is 18.2 Å². The fraction of sp³-hybridized carbons (Fsp3) is 0.500. The van der Waals surface area contributed by atoms with E-state index in [1.54, 1.807) is 6.92 Å². The van der Waals surface area contributed by atoms with Crippen LogP contribution in [0, 0.1) is 5.82 Å². The molecule has 0 bridgehead atoms. The van der Waals surface area contributed by atoms with Gasteiger partial charge in [0.1, 0.15) is 22.9 Å². The van der Waals surface area contributed by atoms with Crippen molar-refractivity contribution in [2.24, 2.45) is 10.7 Å². The maximum Gasteiger partial charge on any atom is 0.163 e. The lowest BCUT2D eigenvalue weighted by Crippen LogP contribution is -2.50. The third kappa shape index (κ3) is 3.18. The topological polar surface area (TPSA) is 92.8 Å². The Morgan fingerprint density at radius 1 is 1.55 bits per heavy atom. The van der Waals surface area contributed by atoms with E-state index >= 15 is 0 Å². The number of benzene rings is 1. The molecule has 0 saturated heterocycles. The summed E-state index contributed by atoms with van der Waals surface area (Å²) in [4.78, 5) is 4.29. The van der Waals surface area contributed by atoms with Gasteiger partial charge in [-0.3, -0.25) is 4.99 Å². The van der Waals surface area contributed by atoms with E-state index in [2.05, 4.69) is 20.9 Å². The van der Waals surface area contributed by atoms with Crippen LogP contribution in [-0.4, -0.2) is 37.0 Å². The van der Waals surface area contributed by atoms with Gasteiger partial charge in [0.15, 0.2) is 9.84 Å². The third-order valence-corrected chi connectivity index (χ3v) is 6.64. The van der Waals surface area contributed by atoms with Crippen molar-refractivity contribution in [3.05, 3.63) is 34.1 Å². The number of sulfone groups is 1. The predicted octanol–water partition coefficient (Wildman–Crippen LogP) is 1.73. The number of nitrogens with zero attached hydrogens (tertiary/aromatic N) is 1. The second-order valence-electron chi connectivity index (χ2n) is 5.54. The van der Waals surface area contributed by atoms with Crippen LogP contribution in [0.3, 0.4) is 0 Å². The van der Waals surface area contributed by atoms with Gasteiger partial charge in [-0.25, -0.2) is 12.8 Å². The molecule has 1 aliphatic heterocycles. The quantitative estimate of drug-likeness (QED) is 0.815. The number of nitrogens with two attached hydrogens (primary N) is 1. The number of aliphatic hydroxyl groups is 1. The molecular formula is C14H18BrFN2O3S. The van der Waals surface area contributed by atoms with Gasteiger partial charge in [-0.1, -0.05) is 15.9 Å². The smallest absolute Gasteiger partial charge is 0.163 e. The number of aliphatic imine (C=N–C) groups is 1. The van der Waals surface area contributed by atoms with Gasteiger partial charge in [-0.15, -0.1) is 0 Å². The minimum absolute atomic E-state index is 0.0258. The van der Waals surface area contributed by atoms with E-state index < -0.39 is 26.4 Å². The van der Waals surface area contributed by atoms with Crippen molar-refractivity contribution in [3.63, 3.8) is 0 Å². The molecule has 1 aliphatic rings. The Hall–Kier alpha value is -0.990. The summed E-state index contributed by atoms with van der Waals surface area (Å²) in [7, 11) is -3.58. The SMILES string of the molecule is CC1(c2cc(Br)ccc2F)N=C(N)CS(=O)(=O)C1CCCO. The number of hydrogen-bond acceptors (Lipinski definition) is 5. The largest absolute Gasteiger partial charge is 0.396 e. The first-order valence-corrected chi connectivity index (χ1v) is 9.33. The maximum absolute atomic E-state index is 14.3. The van der Waals surface area contributed by atoms with Crippen molar-refractivity contribution in [3.8, 4) is 0 Å².